The summed E-state index contributed by atoms with van der Waals surface area (Å²) in [6, 6.07) is 0.826. The summed E-state index contributed by atoms with van der Waals surface area (Å²) in [5.41, 5.74) is 0. The van der Waals surface area contributed by atoms with E-state index in [4.69, 9.17) is 4.74 Å². The van der Waals surface area contributed by atoms with Crippen LogP contribution in [0.2, 0.25) is 0 Å². The first kappa shape index (κ1) is 14.8. The molecule has 0 bridgehead atoms. The van der Waals surface area contributed by atoms with Gasteiger partial charge in [-0.1, -0.05) is 25.7 Å². The lowest BCUT2D eigenvalue weighted by molar-refractivity contribution is 0.222. The molecule has 6 heteroatoms. The molecule has 112 valence electrons. The van der Waals surface area contributed by atoms with Crippen molar-refractivity contribution in [3.8, 4) is 6.01 Å². The van der Waals surface area contributed by atoms with Crippen LogP contribution in [0.25, 0.3) is 0 Å². The Kier molecular flexibility index (Phi) is 5.38. The van der Waals surface area contributed by atoms with E-state index in [1.807, 2.05) is 13.8 Å². The number of hydrogen-bond donors (Lipinski definition) is 2. The number of nitrogens with one attached hydrogen (secondary N) is 2. The fourth-order valence-corrected chi connectivity index (χ4v) is 2.40. The van der Waals surface area contributed by atoms with E-state index in [0.717, 1.165) is 0 Å². The highest BCUT2D eigenvalue weighted by Crippen LogP contribution is 2.21. The molecule has 1 aromatic rings. The van der Waals surface area contributed by atoms with Gasteiger partial charge in [-0.25, -0.2) is 0 Å². The quantitative estimate of drug-likeness (QED) is 0.808. The summed E-state index contributed by atoms with van der Waals surface area (Å²) >= 11 is 0. The van der Waals surface area contributed by atoms with Crippen molar-refractivity contribution in [1.29, 1.82) is 0 Å². The standard InChI is InChI=1S/C14H25N5O/c1-10(2)20-14-18-12(15-3)17-13(19-14)16-11-8-6-4-5-7-9-11/h10-11H,4-9H2,1-3H3,(H2,15,16,17,18,19). The fraction of sp³-hybridized carbons (Fsp3) is 0.786. The van der Waals surface area contributed by atoms with Gasteiger partial charge >= 0.3 is 6.01 Å². The monoisotopic (exact) mass is 279 g/mol. The minimum atomic E-state index is 0.0489. The lowest BCUT2D eigenvalue weighted by Crippen LogP contribution is -2.21. The summed E-state index contributed by atoms with van der Waals surface area (Å²) in [4.78, 5) is 12.9. The van der Waals surface area contributed by atoms with E-state index in [0.29, 0.717) is 23.9 Å². The van der Waals surface area contributed by atoms with Crippen LogP contribution >= 0.6 is 0 Å². The second-order valence-corrected chi connectivity index (χ2v) is 5.51. The molecule has 2 N–H and O–H groups in total. The third-order valence-electron chi connectivity index (χ3n) is 3.37. The summed E-state index contributed by atoms with van der Waals surface area (Å²) in [5.74, 6) is 1.14. The highest BCUT2D eigenvalue weighted by atomic mass is 16.5. The van der Waals surface area contributed by atoms with Gasteiger partial charge in [0, 0.05) is 13.1 Å². The predicted octanol–water partition coefficient (Wildman–Crippen LogP) is 2.84. The summed E-state index contributed by atoms with van der Waals surface area (Å²) in [6.07, 6.45) is 7.63. The number of anilines is 2. The minimum absolute atomic E-state index is 0.0489. The Balaban J connectivity index is 2.08. The van der Waals surface area contributed by atoms with E-state index in [-0.39, 0.29) is 6.10 Å². The zero-order valence-corrected chi connectivity index (χ0v) is 12.6. The van der Waals surface area contributed by atoms with Gasteiger partial charge in [-0.05, 0) is 26.7 Å². The van der Waals surface area contributed by atoms with Crippen LogP contribution < -0.4 is 15.4 Å². The average Bonchev–Trinajstić information content (AvgIpc) is 2.66. The summed E-state index contributed by atoms with van der Waals surface area (Å²) in [7, 11) is 1.80. The normalized spacial score (nSPS) is 16.8. The molecule has 0 aromatic carbocycles. The van der Waals surface area contributed by atoms with Gasteiger partial charge < -0.3 is 15.4 Å². The molecule has 1 saturated carbocycles. The molecule has 20 heavy (non-hydrogen) atoms. The zero-order chi connectivity index (χ0) is 14.4. The van der Waals surface area contributed by atoms with Crippen LogP contribution in [0.4, 0.5) is 11.9 Å². The molecule has 0 amide bonds. The Bertz CT molecular complexity index is 416. The molecule has 1 fully saturated rings. The summed E-state index contributed by atoms with van der Waals surface area (Å²) in [5, 5.41) is 6.38. The van der Waals surface area contributed by atoms with E-state index in [2.05, 4.69) is 25.6 Å². The van der Waals surface area contributed by atoms with Crippen LogP contribution in [0.15, 0.2) is 0 Å². The second-order valence-electron chi connectivity index (χ2n) is 5.51. The van der Waals surface area contributed by atoms with Crippen molar-refractivity contribution in [2.75, 3.05) is 17.7 Å². The Labute approximate surface area is 120 Å². The van der Waals surface area contributed by atoms with E-state index < -0.39 is 0 Å². The topological polar surface area (TPSA) is 72.0 Å². The smallest absolute Gasteiger partial charge is 0.323 e. The van der Waals surface area contributed by atoms with Crippen LogP contribution in [-0.2, 0) is 0 Å². The molecule has 6 nitrogen and oxygen atoms in total. The fourth-order valence-electron chi connectivity index (χ4n) is 2.40. The zero-order valence-electron chi connectivity index (χ0n) is 12.6. The van der Waals surface area contributed by atoms with E-state index in [1.165, 1.54) is 38.5 Å². The van der Waals surface area contributed by atoms with Gasteiger partial charge in [-0.15, -0.1) is 0 Å². The molecular formula is C14H25N5O. The second kappa shape index (κ2) is 7.26. The Morgan fingerprint density at radius 3 is 2.25 bits per heavy atom. The van der Waals surface area contributed by atoms with Crippen LogP contribution in [0.1, 0.15) is 52.4 Å². The van der Waals surface area contributed by atoms with Gasteiger partial charge in [0.15, 0.2) is 0 Å². The minimum Gasteiger partial charge on any atom is -0.461 e. The Morgan fingerprint density at radius 1 is 1.00 bits per heavy atom. The first-order valence-corrected chi connectivity index (χ1v) is 7.54. The first-order chi connectivity index (χ1) is 9.67. The lowest BCUT2D eigenvalue weighted by atomic mass is 10.1. The molecule has 1 aliphatic carbocycles. The van der Waals surface area contributed by atoms with Crippen molar-refractivity contribution in [3.05, 3.63) is 0 Å². The van der Waals surface area contributed by atoms with Crippen LogP contribution in [0, 0.1) is 0 Å². The first-order valence-electron chi connectivity index (χ1n) is 7.54. The molecule has 1 aliphatic rings. The van der Waals surface area contributed by atoms with Crippen LogP contribution in [0.3, 0.4) is 0 Å². The van der Waals surface area contributed by atoms with Gasteiger partial charge in [0.25, 0.3) is 0 Å². The lowest BCUT2D eigenvalue weighted by Gasteiger charge is -2.17. The largest absolute Gasteiger partial charge is 0.461 e. The molecule has 0 saturated heterocycles. The summed E-state index contributed by atoms with van der Waals surface area (Å²) in [6.45, 7) is 3.92. The van der Waals surface area contributed by atoms with Crippen molar-refractivity contribution < 1.29 is 4.74 Å². The van der Waals surface area contributed by atoms with Crippen molar-refractivity contribution in [3.63, 3.8) is 0 Å². The third kappa shape index (κ3) is 4.51. The molecule has 0 atom stereocenters. The van der Waals surface area contributed by atoms with Gasteiger partial charge in [-0.3, -0.25) is 0 Å². The molecule has 0 aliphatic heterocycles. The van der Waals surface area contributed by atoms with Gasteiger partial charge in [0.1, 0.15) is 0 Å². The summed E-state index contributed by atoms with van der Waals surface area (Å²) < 4.78 is 5.57. The molecule has 1 heterocycles. The van der Waals surface area contributed by atoms with Crippen LogP contribution in [0.5, 0.6) is 6.01 Å². The van der Waals surface area contributed by atoms with Crippen LogP contribution in [-0.4, -0.2) is 34.1 Å². The molecule has 2 rings (SSSR count). The number of rotatable bonds is 5. The van der Waals surface area contributed by atoms with Crippen molar-refractivity contribution in [1.82, 2.24) is 15.0 Å². The Hall–Kier alpha value is -1.59. The molecule has 0 spiro atoms. The molecule has 1 aromatic heterocycles. The van der Waals surface area contributed by atoms with Gasteiger partial charge in [-0.2, -0.15) is 15.0 Å². The molecular weight excluding hydrogens is 254 g/mol. The van der Waals surface area contributed by atoms with E-state index in [1.54, 1.807) is 7.05 Å². The van der Waals surface area contributed by atoms with Gasteiger partial charge in [0.05, 0.1) is 6.10 Å². The SMILES string of the molecule is CNc1nc(NC2CCCCCC2)nc(OC(C)C)n1. The maximum atomic E-state index is 5.57. The number of ether oxygens (including phenoxy) is 1. The highest BCUT2D eigenvalue weighted by molar-refractivity contribution is 5.36. The number of nitrogens with zero attached hydrogens (tertiary/aromatic N) is 3. The predicted molar refractivity (Wildman–Crippen MR) is 80.3 cm³/mol. The van der Waals surface area contributed by atoms with E-state index in [9.17, 15) is 0 Å². The molecule has 0 unspecified atom stereocenters. The number of hydrogen-bond acceptors (Lipinski definition) is 6. The molecule has 0 radical (unpaired) electrons. The maximum absolute atomic E-state index is 5.57. The highest BCUT2D eigenvalue weighted by Gasteiger charge is 2.15. The average molecular weight is 279 g/mol. The maximum Gasteiger partial charge on any atom is 0.323 e. The van der Waals surface area contributed by atoms with Crippen molar-refractivity contribution in [2.24, 2.45) is 0 Å². The Morgan fingerprint density at radius 2 is 1.65 bits per heavy atom. The van der Waals surface area contributed by atoms with Crippen molar-refractivity contribution >= 4 is 11.9 Å². The number of aromatic nitrogens is 3. The van der Waals surface area contributed by atoms with Gasteiger partial charge in [0.2, 0.25) is 11.9 Å². The van der Waals surface area contributed by atoms with Crippen molar-refractivity contribution in [2.45, 2.75) is 64.5 Å². The third-order valence-corrected chi connectivity index (χ3v) is 3.37. The van der Waals surface area contributed by atoms with E-state index >= 15 is 0 Å².